The number of sulfonamides is 1. The molecule has 1 unspecified atom stereocenters. The van der Waals surface area contributed by atoms with Gasteiger partial charge in [-0.2, -0.15) is 0 Å². The molecule has 2 aromatic rings. The maximum atomic E-state index is 12.3. The summed E-state index contributed by atoms with van der Waals surface area (Å²) in [5, 5.41) is 3.28. The van der Waals surface area contributed by atoms with Gasteiger partial charge in [0.25, 0.3) is 15.9 Å². The van der Waals surface area contributed by atoms with Gasteiger partial charge in [-0.25, -0.2) is 13.2 Å². The third kappa shape index (κ3) is 5.98. The Morgan fingerprint density at radius 2 is 1.75 bits per heavy atom. The second-order valence-corrected chi connectivity index (χ2v) is 9.51. The molecular formula is C21H23ClN4O5S. The van der Waals surface area contributed by atoms with Gasteiger partial charge in [0.15, 0.2) is 0 Å². The number of cyclic esters (lactones) is 1. The highest BCUT2D eigenvalue weighted by molar-refractivity contribution is 7.89. The van der Waals surface area contributed by atoms with Gasteiger partial charge in [-0.15, -0.1) is 4.40 Å². The molecule has 0 radical (unpaired) electrons. The molecule has 2 amide bonds. The average molecular weight is 479 g/mol. The Labute approximate surface area is 191 Å². The van der Waals surface area contributed by atoms with E-state index in [-0.39, 0.29) is 24.8 Å². The number of nitrogens with zero attached hydrogens (tertiary/aromatic N) is 3. The van der Waals surface area contributed by atoms with Crippen LogP contribution < -0.4 is 10.2 Å². The summed E-state index contributed by atoms with van der Waals surface area (Å²) in [5.41, 5.74) is 1.63. The number of hydrogen-bond donors (Lipinski definition) is 1. The van der Waals surface area contributed by atoms with Crippen molar-refractivity contribution < 1.29 is 22.7 Å². The Morgan fingerprint density at radius 3 is 2.31 bits per heavy atom. The molecule has 1 fully saturated rings. The van der Waals surface area contributed by atoms with Gasteiger partial charge < -0.3 is 15.0 Å². The lowest BCUT2D eigenvalue weighted by Crippen LogP contribution is -2.34. The van der Waals surface area contributed by atoms with Crippen molar-refractivity contribution in [3.8, 4) is 0 Å². The van der Waals surface area contributed by atoms with Crippen LogP contribution in [0.4, 0.5) is 10.5 Å². The molecule has 1 aliphatic rings. The highest BCUT2D eigenvalue weighted by Crippen LogP contribution is 2.22. The standard InChI is InChI=1S/C21H23ClN4O5S/c1-25(2)19(24-32(3,29)30)14-6-10-17(11-7-14)26-13-18(31-21(26)28)12-23-20(27)15-4-8-16(22)9-5-15/h4-11,18H,12-13H2,1-3H3,(H,23,27)/b24-19+. The largest absolute Gasteiger partial charge is 0.442 e. The lowest BCUT2D eigenvalue weighted by molar-refractivity contribution is 0.0916. The number of ether oxygens (including phenoxy) is 1. The van der Waals surface area contributed by atoms with E-state index in [4.69, 9.17) is 16.3 Å². The summed E-state index contributed by atoms with van der Waals surface area (Å²) >= 11 is 5.83. The quantitative estimate of drug-likeness (QED) is 0.504. The molecule has 170 valence electrons. The van der Waals surface area contributed by atoms with E-state index in [9.17, 15) is 18.0 Å². The van der Waals surface area contributed by atoms with Crippen LogP contribution in [-0.2, 0) is 14.8 Å². The molecule has 0 spiro atoms. The molecule has 0 bridgehead atoms. The number of carbonyl (C=O) groups excluding carboxylic acids is 2. The first-order valence-electron chi connectivity index (χ1n) is 9.63. The number of anilines is 1. The summed E-state index contributed by atoms with van der Waals surface area (Å²) in [5.74, 6) is -0.00673. The van der Waals surface area contributed by atoms with Crippen LogP contribution in [0.1, 0.15) is 15.9 Å². The average Bonchev–Trinajstić information content (AvgIpc) is 3.10. The molecule has 2 aromatic carbocycles. The smallest absolute Gasteiger partial charge is 0.414 e. The van der Waals surface area contributed by atoms with Crippen molar-refractivity contribution in [1.29, 1.82) is 0 Å². The Kier molecular flexibility index (Phi) is 7.05. The second kappa shape index (κ2) is 9.58. The van der Waals surface area contributed by atoms with Crippen molar-refractivity contribution in [3.05, 3.63) is 64.7 Å². The van der Waals surface area contributed by atoms with Crippen molar-refractivity contribution in [2.45, 2.75) is 6.10 Å². The topological polar surface area (TPSA) is 108 Å². The van der Waals surface area contributed by atoms with Gasteiger partial charge in [0, 0.05) is 35.9 Å². The summed E-state index contributed by atoms with van der Waals surface area (Å²) in [6.45, 7) is 0.421. The maximum Gasteiger partial charge on any atom is 0.414 e. The van der Waals surface area contributed by atoms with Crippen LogP contribution in [0.3, 0.4) is 0 Å². The fourth-order valence-corrected chi connectivity index (χ4v) is 3.80. The summed E-state index contributed by atoms with van der Waals surface area (Å²) < 4.78 is 32.3. The third-order valence-corrected chi connectivity index (χ3v) is 5.34. The molecule has 32 heavy (non-hydrogen) atoms. The number of amides is 2. The van der Waals surface area contributed by atoms with Crippen molar-refractivity contribution >= 4 is 45.1 Å². The van der Waals surface area contributed by atoms with E-state index in [1.54, 1.807) is 67.5 Å². The van der Waals surface area contributed by atoms with Crippen LogP contribution in [0.25, 0.3) is 0 Å². The lowest BCUT2D eigenvalue weighted by atomic mass is 10.1. The number of amidine groups is 1. The van der Waals surface area contributed by atoms with Crippen LogP contribution in [0, 0.1) is 0 Å². The minimum absolute atomic E-state index is 0.160. The van der Waals surface area contributed by atoms with E-state index in [0.717, 1.165) is 6.26 Å². The van der Waals surface area contributed by atoms with Crippen LogP contribution >= 0.6 is 11.6 Å². The van der Waals surface area contributed by atoms with Crippen molar-refractivity contribution in [2.75, 3.05) is 38.3 Å². The van der Waals surface area contributed by atoms with Gasteiger partial charge in [-0.3, -0.25) is 9.69 Å². The van der Waals surface area contributed by atoms with Gasteiger partial charge in [-0.1, -0.05) is 11.6 Å². The van der Waals surface area contributed by atoms with Crippen LogP contribution in [0.5, 0.6) is 0 Å². The van der Waals surface area contributed by atoms with Crippen molar-refractivity contribution in [1.82, 2.24) is 10.2 Å². The van der Waals surface area contributed by atoms with Crippen LogP contribution in [0.15, 0.2) is 52.9 Å². The predicted molar refractivity (Wildman–Crippen MR) is 123 cm³/mol. The Balaban J connectivity index is 1.65. The Hall–Kier alpha value is -3.11. The van der Waals surface area contributed by atoms with Gasteiger partial charge in [0.2, 0.25) is 0 Å². The molecule has 1 aliphatic heterocycles. The number of halogens is 1. The minimum Gasteiger partial charge on any atom is -0.442 e. The highest BCUT2D eigenvalue weighted by Gasteiger charge is 2.32. The molecule has 0 aromatic heterocycles. The molecule has 1 atom stereocenters. The minimum atomic E-state index is -3.57. The van der Waals surface area contributed by atoms with Crippen LogP contribution in [0.2, 0.25) is 5.02 Å². The highest BCUT2D eigenvalue weighted by atomic mass is 35.5. The summed E-state index contributed by atoms with van der Waals surface area (Å²) in [4.78, 5) is 27.6. The van der Waals surface area contributed by atoms with Gasteiger partial charge in [0.1, 0.15) is 11.9 Å². The number of benzene rings is 2. The molecular weight excluding hydrogens is 456 g/mol. The van der Waals surface area contributed by atoms with E-state index < -0.39 is 22.2 Å². The van der Waals surface area contributed by atoms with E-state index in [2.05, 4.69) is 9.71 Å². The zero-order chi connectivity index (χ0) is 23.5. The van der Waals surface area contributed by atoms with E-state index >= 15 is 0 Å². The number of nitrogens with one attached hydrogen (secondary N) is 1. The van der Waals surface area contributed by atoms with Gasteiger partial charge in [-0.05, 0) is 48.5 Å². The molecule has 1 heterocycles. The maximum absolute atomic E-state index is 12.3. The first-order chi connectivity index (χ1) is 15.0. The van der Waals surface area contributed by atoms with Crippen molar-refractivity contribution in [2.24, 2.45) is 4.40 Å². The lowest BCUT2D eigenvalue weighted by Gasteiger charge is -2.17. The monoisotopic (exact) mass is 478 g/mol. The number of rotatable bonds is 6. The number of carbonyl (C=O) groups is 2. The normalized spacial score (nSPS) is 16.6. The van der Waals surface area contributed by atoms with E-state index in [1.807, 2.05) is 0 Å². The molecule has 0 aliphatic carbocycles. The molecule has 1 saturated heterocycles. The molecule has 9 nitrogen and oxygen atoms in total. The molecule has 0 saturated carbocycles. The first kappa shape index (κ1) is 23.6. The first-order valence-corrected chi connectivity index (χ1v) is 11.9. The van der Waals surface area contributed by atoms with E-state index in [0.29, 0.717) is 21.8 Å². The fourth-order valence-electron chi connectivity index (χ4n) is 3.09. The Morgan fingerprint density at radius 1 is 1.16 bits per heavy atom. The summed E-state index contributed by atoms with van der Waals surface area (Å²) in [7, 11) is -0.187. The second-order valence-electron chi connectivity index (χ2n) is 7.42. The third-order valence-electron chi connectivity index (χ3n) is 4.58. The van der Waals surface area contributed by atoms with Crippen LogP contribution in [-0.4, -0.2) is 70.7 Å². The SMILES string of the molecule is CN(C)/C(=N/S(C)(=O)=O)c1ccc(N2CC(CNC(=O)c3ccc(Cl)cc3)OC2=O)cc1. The molecule has 1 N–H and O–H groups in total. The zero-order valence-corrected chi connectivity index (χ0v) is 19.4. The molecule has 3 rings (SSSR count). The predicted octanol–water partition coefficient (Wildman–Crippen LogP) is 2.36. The number of hydrogen-bond acceptors (Lipinski definition) is 5. The van der Waals surface area contributed by atoms with Crippen molar-refractivity contribution in [3.63, 3.8) is 0 Å². The van der Waals surface area contributed by atoms with Gasteiger partial charge >= 0.3 is 6.09 Å². The fraction of sp³-hybridized carbons (Fsp3) is 0.286. The Bertz CT molecular complexity index is 1130. The van der Waals surface area contributed by atoms with Gasteiger partial charge in [0.05, 0.1) is 19.3 Å². The summed E-state index contributed by atoms with van der Waals surface area (Å²) in [6.07, 6.45) is -0.0135. The molecule has 11 heteroatoms. The summed E-state index contributed by atoms with van der Waals surface area (Å²) in [6, 6.07) is 13.2. The van der Waals surface area contributed by atoms with E-state index in [1.165, 1.54) is 4.90 Å². The zero-order valence-electron chi connectivity index (χ0n) is 17.8.